The largest absolute Gasteiger partial charge is 0.409 e. The van der Waals surface area contributed by atoms with Gasteiger partial charge in [-0.3, -0.25) is 0 Å². The highest BCUT2D eigenvalue weighted by Gasteiger charge is 2.30. The molecule has 20 heavy (non-hydrogen) atoms. The van der Waals surface area contributed by atoms with E-state index in [1.54, 1.807) is 6.07 Å². The Bertz CT molecular complexity index is 508. The van der Waals surface area contributed by atoms with Crippen LogP contribution in [0.2, 0.25) is 0 Å². The fraction of sp³-hybridized carbons (Fsp3) is 0.643. The van der Waals surface area contributed by atoms with Crippen LogP contribution in [-0.2, 0) is 0 Å². The van der Waals surface area contributed by atoms with Crippen LogP contribution < -0.4 is 10.6 Å². The fourth-order valence-electron chi connectivity index (χ4n) is 2.34. The van der Waals surface area contributed by atoms with E-state index in [4.69, 9.17) is 10.9 Å². The maximum atomic E-state index is 8.81. The van der Waals surface area contributed by atoms with Gasteiger partial charge in [0.05, 0.1) is 0 Å². The lowest BCUT2D eigenvalue weighted by molar-refractivity contribution is 0.318. The van der Waals surface area contributed by atoms with Gasteiger partial charge in [-0.05, 0) is 50.5 Å². The second-order valence-electron chi connectivity index (χ2n) is 5.97. The van der Waals surface area contributed by atoms with Crippen molar-refractivity contribution in [2.75, 3.05) is 18.0 Å². The van der Waals surface area contributed by atoms with Gasteiger partial charge >= 0.3 is 0 Å². The minimum atomic E-state index is 0.0366. The maximum Gasteiger partial charge on any atom is 0.226 e. The Morgan fingerprint density at radius 3 is 2.40 bits per heavy atom. The van der Waals surface area contributed by atoms with Crippen LogP contribution in [0.15, 0.2) is 11.2 Å². The van der Waals surface area contributed by atoms with Gasteiger partial charge in [-0.2, -0.15) is 0 Å². The standard InChI is InChI=1S/C14H21N5O/c1-9-6-12(13(15)18-20)17-14(16-9)19(7-10-2-3-10)8-11-4-5-11/h6,10-11,20H,2-5,7-8H2,1H3,(H2,15,18). The number of amidine groups is 1. The number of aryl methyl sites for hydroxylation is 1. The van der Waals surface area contributed by atoms with Gasteiger partial charge in [0, 0.05) is 18.8 Å². The summed E-state index contributed by atoms with van der Waals surface area (Å²) >= 11 is 0. The van der Waals surface area contributed by atoms with Gasteiger partial charge in [0.2, 0.25) is 5.95 Å². The van der Waals surface area contributed by atoms with E-state index in [1.165, 1.54) is 25.7 Å². The van der Waals surface area contributed by atoms with Crippen molar-refractivity contribution in [3.8, 4) is 0 Å². The van der Waals surface area contributed by atoms with Gasteiger partial charge < -0.3 is 15.8 Å². The second kappa shape index (κ2) is 5.26. The van der Waals surface area contributed by atoms with Gasteiger partial charge in [0.1, 0.15) is 5.69 Å². The maximum absolute atomic E-state index is 8.81. The van der Waals surface area contributed by atoms with Gasteiger partial charge in [0.15, 0.2) is 5.84 Å². The van der Waals surface area contributed by atoms with Gasteiger partial charge in [-0.1, -0.05) is 5.16 Å². The first-order chi connectivity index (χ1) is 9.65. The Labute approximate surface area is 118 Å². The second-order valence-corrected chi connectivity index (χ2v) is 5.97. The summed E-state index contributed by atoms with van der Waals surface area (Å²) in [6.07, 6.45) is 5.22. The number of hydrogen-bond donors (Lipinski definition) is 2. The van der Waals surface area contributed by atoms with Crippen LogP contribution in [0.4, 0.5) is 5.95 Å². The van der Waals surface area contributed by atoms with Crippen molar-refractivity contribution in [3.63, 3.8) is 0 Å². The number of aromatic nitrogens is 2. The molecule has 0 saturated heterocycles. The first-order valence-corrected chi connectivity index (χ1v) is 7.24. The summed E-state index contributed by atoms with van der Waals surface area (Å²) in [4.78, 5) is 11.3. The molecule has 0 amide bonds. The van der Waals surface area contributed by atoms with Crippen molar-refractivity contribution in [1.82, 2.24) is 9.97 Å². The first-order valence-electron chi connectivity index (χ1n) is 7.24. The number of anilines is 1. The van der Waals surface area contributed by atoms with Crippen LogP contribution in [0.25, 0.3) is 0 Å². The molecular weight excluding hydrogens is 254 g/mol. The minimum absolute atomic E-state index is 0.0366. The molecule has 3 rings (SSSR count). The van der Waals surface area contributed by atoms with Crippen molar-refractivity contribution in [1.29, 1.82) is 0 Å². The smallest absolute Gasteiger partial charge is 0.226 e. The van der Waals surface area contributed by atoms with E-state index in [1.807, 2.05) is 6.92 Å². The molecule has 1 heterocycles. The zero-order valence-corrected chi connectivity index (χ0v) is 11.8. The molecule has 0 bridgehead atoms. The fourth-order valence-corrected chi connectivity index (χ4v) is 2.34. The van der Waals surface area contributed by atoms with Gasteiger partial charge in [-0.15, -0.1) is 0 Å². The molecule has 0 aromatic carbocycles. The molecule has 6 heteroatoms. The van der Waals surface area contributed by atoms with Crippen LogP contribution in [0.1, 0.15) is 37.1 Å². The van der Waals surface area contributed by atoms with Crippen LogP contribution >= 0.6 is 0 Å². The molecule has 2 saturated carbocycles. The van der Waals surface area contributed by atoms with E-state index in [-0.39, 0.29) is 5.84 Å². The van der Waals surface area contributed by atoms with Crippen molar-refractivity contribution in [2.45, 2.75) is 32.6 Å². The van der Waals surface area contributed by atoms with Crippen molar-refractivity contribution < 1.29 is 5.21 Å². The third kappa shape index (κ3) is 3.18. The SMILES string of the molecule is Cc1cc(/C(N)=N/O)nc(N(CC2CC2)CC2CC2)n1. The molecule has 0 aliphatic heterocycles. The summed E-state index contributed by atoms with van der Waals surface area (Å²) in [5.41, 5.74) is 6.98. The summed E-state index contributed by atoms with van der Waals surface area (Å²) in [6.45, 7) is 3.96. The average Bonchev–Trinajstić information content (AvgIpc) is 3.31. The Balaban J connectivity index is 1.85. The highest BCUT2D eigenvalue weighted by atomic mass is 16.4. The van der Waals surface area contributed by atoms with E-state index in [0.29, 0.717) is 11.6 Å². The van der Waals surface area contributed by atoms with Crippen molar-refractivity contribution in [2.24, 2.45) is 22.7 Å². The number of rotatable bonds is 6. The van der Waals surface area contributed by atoms with Crippen molar-refractivity contribution in [3.05, 3.63) is 17.5 Å². The monoisotopic (exact) mass is 275 g/mol. The van der Waals surface area contributed by atoms with E-state index in [2.05, 4.69) is 20.0 Å². The van der Waals surface area contributed by atoms with Gasteiger partial charge in [-0.25, -0.2) is 9.97 Å². The van der Waals surface area contributed by atoms with Gasteiger partial charge in [0.25, 0.3) is 0 Å². The molecule has 6 nitrogen and oxygen atoms in total. The molecule has 2 aliphatic carbocycles. The minimum Gasteiger partial charge on any atom is -0.409 e. The highest BCUT2D eigenvalue weighted by Crippen LogP contribution is 2.34. The highest BCUT2D eigenvalue weighted by molar-refractivity contribution is 5.95. The quantitative estimate of drug-likeness (QED) is 0.355. The van der Waals surface area contributed by atoms with E-state index in [9.17, 15) is 0 Å². The number of nitrogens with zero attached hydrogens (tertiary/aromatic N) is 4. The Morgan fingerprint density at radius 1 is 1.30 bits per heavy atom. The van der Waals surface area contributed by atoms with Crippen LogP contribution in [0, 0.1) is 18.8 Å². The Morgan fingerprint density at radius 2 is 1.90 bits per heavy atom. The zero-order chi connectivity index (χ0) is 14.1. The molecule has 3 N–H and O–H groups in total. The average molecular weight is 275 g/mol. The normalized spacial score (nSPS) is 19.1. The lowest BCUT2D eigenvalue weighted by Gasteiger charge is -2.23. The van der Waals surface area contributed by atoms with Crippen LogP contribution in [0.5, 0.6) is 0 Å². The van der Waals surface area contributed by atoms with Crippen molar-refractivity contribution >= 4 is 11.8 Å². The third-order valence-electron chi connectivity index (χ3n) is 3.85. The van der Waals surface area contributed by atoms with Crippen LogP contribution in [0.3, 0.4) is 0 Å². The van der Waals surface area contributed by atoms with E-state index in [0.717, 1.165) is 30.6 Å². The molecule has 2 aliphatic rings. The third-order valence-corrected chi connectivity index (χ3v) is 3.85. The molecular formula is C14H21N5O. The molecule has 1 aromatic rings. The molecule has 108 valence electrons. The summed E-state index contributed by atoms with van der Waals surface area (Å²) < 4.78 is 0. The van der Waals surface area contributed by atoms with E-state index < -0.39 is 0 Å². The lowest BCUT2D eigenvalue weighted by Crippen LogP contribution is -2.31. The summed E-state index contributed by atoms with van der Waals surface area (Å²) in [5, 5.41) is 11.8. The zero-order valence-electron chi connectivity index (χ0n) is 11.8. The molecule has 0 atom stereocenters. The number of hydrogen-bond acceptors (Lipinski definition) is 5. The Hall–Kier alpha value is -1.85. The Kier molecular flexibility index (Phi) is 3.46. The molecule has 0 radical (unpaired) electrons. The van der Waals surface area contributed by atoms with E-state index >= 15 is 0 Å². The molecule has 0 unspecified atom stereocenters. The lowest BCUT2D eigenvalue weighted by atomic mass is 10.3. The van der Waals surface area contributed by atoms with Crippen LogP contribution in [-0.4, -0.2) is 34.1 Å². The number of oxime groups is 1. The summed E-state index contributed by atoms with van der Waals surface area (Å²) in [5.74, 6) is 2.32. The molecule has 0 spiro atoms. The summed E-state index contributed by atoms with van der Waals surface area (Å²) in [7, 11) is 0. The molecule has 1 aromatic heterocycles. The predicted molar refractivity (Wildman–Crippen MR) is 76.9 cm³/mol. The summed E-state index contributed by atoms with van der Waals surface area (Å²) in [6, 6.07) is 1.74. The predicted octanol–water partition coefficient (Wildman–Crippen LogP) is 1.51. The number of nitrogens with two attached hydrogens (primary N) is 1. The molecule has 2 fully saturated rings. The topological polar surface area (TPSA) is 87.6 Å². The first kappa shape index (κ1) is 13.1.